The van der Waals surface area contributed by atoms with Crippen LogP contribution in [0.4, 0.5) is 0 Å². The van der Waals surface area contributed by atoms with Gasteiger partial charge in [-0.1, -0.05) is 6.07 Å². The Morgan fingerprint density at radius 1 is 1.44 bits per heavy atom. The Hall–Kier alpha value is -2.82. The average molecular weight is 338 g/mol. The summed E-state index contributed by atoms with van der Waals surface area (Å²) in [5, 5.41) is 2.88. The van der Waals surface area contributed by atoms with Crippen molar-refractivity contribution in [3.63, 3.8) is 0 Å². The van der Waals surface area contributed by atoms with Gasteiger partial charge < -0.3 is 14.8 Å². The van der Waals surface area contributed by atoms with Crippen LogP contribution in [0.2, 0.25) is 0 Å². The first-order chi connectivity index (χ1) is 12.2. The molecule has 5 heteroatoms. The quantitative estimate of drug-likeness (QED) is 0.822. The molecular formula is C20H22N2O3. The van der Waals surface area contributed by atoms with Gasteiger partial charge in [0.05, 0.1) is 12.3 Å². The molecule has 5 nitrogen and oxygen atoms in total. The molecule has 1 N–H and O–H groups in total. The van der Waals surface area contributed by atoms with Gasteiger partial charge in [0.25, 0.3) is 0 Å². The van der Waals surface area contributed by atoms with E-state index in [1.54, 1.807) is 12.3 Å². The topological polar surface area (TPSA) is 60.5 Å². The molecule has 3 rings (SSSR count). The second-order valence-electron chi connectivity index (χ2n) is 5.94. The Morgan fingerprint density at radius 3 is 3.08 bits per heavy atom. The largest absolute Gasteiger partial charge is 0.494 e. The van der Waals surface area contributed by atoms with Gasteiger partial charge in [0.2, 0.25) is 5.91 Å². The SMILES string of the molecule is CCOc1cc2c(cc1CNC(=O)/C=C/c1ccccn1)O[C@H](C)C2. The molecule has 2 aromatic rings. The third-order valence-corrected chi connectivity index (χ3v) is 3.93. The molecule has 25 heavy (non-hydrogen) atoms. The number of fused-ring (bicyclic) bond motifs is 1. The number of carbonyl (C=O) groups excluding carboxylic acids is 1. The van der Waals surface area contributed by atoms with Crippen molar-refractivity contribution >= 4 is 12.0 Å². The number of ether oxygens (including phenoxy) is 2. The van der Waals surface area contributed by atoms with Crippen LogP contribution in [-0.2, 0) is 17.8 Å². The molecular weight excluding hydrogens is 316 g/mol. The normalized spacial score (nSPS) is 15.7. The summed E-state index contributed by atoms with van der Waals surface area (Å²) >= 11 is 0. The van der Waals surface area contributed by atoms with Crippen LogP contribution in [0.5, 0.6) is 11.5 Å². The number of hydrogen-bond donors (Lipinski definition) is 1. The van der Waals surface area contributed by atoms with E-state index in [9.17, 15) is 4.79 Å². The second-order valence-corrected chi connectivity index (χ2v) is 5.94. The summed E-state index contributed by atoms with van der Waals surface area (Å²) in [6.45, 7) is 4.95. The Morgan fingerprint density at radius 2 is 2.32 bits per heavy atom. The summed E-state index contributed by atoms with van der Waals surface area (Å²) in [5.74, 6) is 1.50. The maximum absolute atomic E-state index is 12.0. The highest BCUT2D eigenvalue weighted by Crippen LogP contribution is 2.35. The van der Waals surface area contributed by atoms with E-state index in [2.05, 4.69) is 10.3 Å². The van der Waals surface area contributed by atoms with Crippen molar-refractivity contribution in [3.8, 4) is 11.5 Å². The molecule has 0 saturated heterocycles. The maximum atomic E-state index is 12.0. The number of rotatable bonds is 6. The van der Waals surface area contributed by atoms with Gasteiger partial charge in [-0.15, -0.1) is 0 Å². The van der Waals surface area contributed by atoms with Crippen LogP contribution >= 0.6 is 0 Å². The molecule has 0 aliphatic carbocycles. The predicted molar refractivity (Wildman–Crippen MR) is 96.5 cm³/mol. The minimum Gasteiger partial charge on any atom is -0.494 e. The minimum absolute atomic E-state index is 0.177. The standard InChI is InChI=1S/C20H22N2O3/c1-3-24-18-11-15-10-14(2)25-19(15)12-16(18)13-22-20(23)8-7-17-6-4-5-9-21-17/h4-9,11-12,14H,3,10,13H2,1-2H3,(H,22,23)/b8-7+/t14-/m1/s1. The van der Waals surface area contributed by atoms with Gasteiger partial charge in [0.1, 0.15) is 17.6 Å². The number of pyridine rings is 1. The lowest BCUT2D eigenvalue weighted by Gasteiger charge is -2.13. The summed E-state index contributed by atoms with van der Waals surface area (Å²) in [5.41, 5.74) is 2.81. The summed E-state index contributed by atoms with van der Waals surface area (Å²) in [7, 11) is 0. The number of amides is 1. The molecule has 0 bridgehead atoms. The van der Waals surface area contributed by atoms with Crippen LogP contribution in [0.15, 0.2) is 42.6 Å². The van der Waals surface area contributed by atoms with Crippen molar-refractivity contribution in [2.24, 2.45) is 0 Å². The molecule has 1 aromatic carbocycles. The van der Waals surface area contributed by atoms with Crippen molar-refractivity contribution in [1.29, 1.82) is 0 Å². The van der Waals surface area contributed by atoms with Crippen molar-refractivity contribution < 1.29 is 14.3 Å². The van der Waals surface area contributed by atoms with Crippen molar-refractivity contribution in [2.75, 3.05) is 6.61 Å². The molecule has 0 unspecified atom stereocenters. The van der Waals surface area contributed by atoms with E-state index in [0.29, 0.717) is 13.2 Å². The zero-order valence-corrected chi connectivity index (χ0v) is 14.5. The number of nitrogens with zero attached hydrogens (tertiary/aromatic N) is 1. The van der Waals surface area contributed by atoms with Crippen LogP contribution in [-0.4, -0.2) is 23.6 Å². The first kappa shape index (κ1) is 17.0. The first-order valence-corrected chi connectivity index (χ1v) is 8.48. The average Bonchev–Trinajstić information content (AvgIpc) is 2.98. The monoisotopic (exact) mass is 338 g/mol. The highest BCUT2D eigenvalue weighted by molar-refractivity contribution is 5.91. The third kappa shape index (κ3) is 4.38. The molecule has 1 atom stereocenters. The van der Waals surface area contributed by atoms with Gasteiger partial charge >= 0.3 is 0 Å². The molecule has 1 aliphatic rings. The van der Waals surface area contributed by atoms with E-state index in [1.165, 1.54) is 6.08 Å². The number of aromatic nitrogens is 1. The van der Waals surface area contributed by atoms with E-state index in [4.69, 9.17) is 9.47 Å². The lowest BCUT2D eigenvalue weighted by molar-refractivity contribution is -0.116. The molecule has 0 saturated carbocycles. The van der Waals surface area contributed by atoms with Gasteiger partial charge in [-0.2, -0.15) is 0 Å². The molecule has 1 amide bonds. The number of hydrogen-bond acceptors (Lipinski definition) is 4. The molecule has 2 heterocycles. The maximum Gasteiger partial charge on any atom is 0.244 e. The van der Waals surface area contributed by atoms with Gasteiger partial charge in [-0.3, -0.25) is 9.78 Å². The molecule has 0 spiro atoms. The smallest absolute Gasteiger partial charge is 0.244 e. The van der Waals surface area contributed by atoms with Crippen LogP contribution in [0.3, 0.4) is 0 Å². The van der Waals surface area contributed by atoms with E-state index in [0.717, 1.165) is 34.7 Å². The van der Waals surface area contributed by atoms with E-state index in [-0.39, 0.29) is 12.0 Å². The lowest BCUT2D eigenvalue weighted by Crippen LogP contribution is -2.20. The summed E-state index contributed by atoms with van der Waals surface area (Å²) in [6.07, 6.45) is 5.92. The molecule has 1 aromatic heterocycles. The molecule has 1 aliphatic heterocycles. The fourth-order valence-electron chi connectivity index (χ4n) is 2.79. The number of nitrogens with one attached hydrogen (secondary N) is 1. The van der Waals surface area contributed by atoms with Gasteiger partial charge in [0.15, 0.2) is 0 Å². The molecule has 0 fully saturated rings. The summed E-state index contributed by atoms with van der Waals surface area (Å²) in [6, 6.07) is 9.55. The summed E-state index contributed by atoms with van der Waals surface area (Å²) in [4.78, 5) is 16.2. The van der Waals surface area contributed by atoms with E-state index in [1.807, 2.05) is 44.2 Å². The first-order valence-electron chi connectivity index (χ1n) is 8.48. The predicted octanol–water partition coefficient (Wildman–Crippen LogP) is 3.13. The third-order valence-electron chi connectivity index (χ3n) is 3.93. The summed E-state index contributed by atoms with van der Waals surface area (Å²) < 4.78 is 11.5. The van der Waals surface area contributed by atoms with Crippen molar-refractivity contribution in [1.82, 2.24) is 10.3 Å². The van der Waals surface area contributed by atoms with Crippen LogP contribution in [0, 0.1) is 0 Å². The number of carbonyl (C=O) groups is 1. The van der Waals surface area contributed by atoms with Crippen molar-refractivity contribution in [3.05, 3.63) is 59.4 Å². The zero-order chi connectivity index (χ0) is 17.6. The van der Waals surface area contributed by atoms with Crippen LogP contribution < -0.4 is 14.8 Å². The minimum atomic E-state index is -0.178. The Balaban J connectivity index is 1.67. The Labute approximate surface area is 147 Å². The Kier molecular flexibility index (Phi) is 5.33. The highest BCUT2D eigenvalue weighted by atomic mass is 16.5. The van der Waals surface area contributed by atoms with E-state index >= 15 is 0 Å². The molecule has 130 valence electrons. The second kappa shape index (κ2) is 7.83. The van der Waals surface area contributed by atoms with Crippen LogP contribution in [0.1, 0.15) is 30.7 Å². The molecule has 0 radical (unpaired) electrons. The number of benzene rings is 1. The fraction of sp³-hybridized carbons (Fsp3) is 0.300. The zero-order valence-electron chi connectivity index (χ0n) is 14.5. The van der Waals surface area contributed by atoms with E-state index < -0.39 is 0 Å². The van der Waals surface area contributed by atoms with Gasteiger partial charge in [0, 0.05) is 36.4 Å². The van der Waals surface area contributed by atoms with Gasteiger partial charge in [-0.25, -0.2) is 0 Å². The van der Waals surface area contributed by atoms with Crippen LogP contribution in [0.25, 0.3) is 6.08 Å². The fourth-order valence-corrected chi connectivity index (χ4v) is 2.79. The Bertz CT molecular complexity index is 772. The van der Waals surface area contributed by atoms with Crippen molar-refractivity contribution in [2.45, 2.75) is 32.9 Å². The highest BCUT2D eigenvalue weighted by Gasteiger charge is 2.21. The van der Waals surface area contributed by atoms with Gasteiger partial charge in [-0.05, 0) is 44.2 Å². The lowest BCUT2D eigenvalue weighted by atomic mass is 10.1.